The molecule has 0 unspecified atom stereocenters. The van der Waals surface area contributed by atoms with Crippen LogP contribution in [0, 0.1) is 0 Å². The Bertz CT molecular complexity index is 455. The number of alkyl halides is 3. The van der Waals surface area contributed by atoms with Gasteiger partial charge in [0.15, 0.2) is 5.69 Å². The quantitative estimate of drug-likeness (QED) is 0.810. The molecule has 0 saturated heterocycles. The Morgan fingerprint density at radius 2 is 1.76 bits per heavy atom. The van der Waals surface area contributed by atoms with Gasteiger partial charge in [0.25, 0.3) is 0 Å². The fraction of sp³-hybridized carbons (Fsp3) is 0.692. The Balaban J connectivity index is 2.70. The third-order valence-corrected chi connectivity index (χ3v) is 3.16. The highest BCUT2D eigenvalue weighted by Crippen LogP contribution is 2.29. The van der Waals surface area contributed by atoms with Crippen LogP contribution in [0.5, 0.6) is 0 Å². The van der Waals surface area contributed by atoms with Crippen LogP contribution in [0.3, 0.4) is 0 Å². The van der Waals surface area contributed by atoms with Gasteiger partial charge in [0.2, 0.25) is 5.28 Å². The van der Waals surface area contributed by atoms with Gasteiger partial charge < -0.3 is 5.32 Å². The van der Waals surface area contributed by atoms with Crippen molar-refractivity contribution >= 4 is 17.4 Å². The minimum absolute atomic E-state index is 0.0785. The van der Waals surface area contributed by atoms with Crippen molar-refractivity contribution in [1.82, 2.24) is 14.9 Å². The molecule has 8 heteroatoms. The Morgan fingerprint density at radius 3 is 2.24 bits per heavy atom. The number of halogens is 4. The van der Waals surface area contributed by atoms with Crippen molar-refractivity contribution < 1.29 is 13.2 Å². The predicted molar refractivity (Wildman–Crippen MR) is 77.5 cm³/mol. The molecule has 0 aliphatic heterocycles. The second-order valence-corrected chi connectivity index (χ2v) is 5.60. The SMILES string of the molecule is CC(C)N(CCNc1cc(C(F)(F)F)nc(Cl)n1)C(C)C. The molecular weight excluding hydrogens is 305 g/mol. The van der Waals surface area contributed by atoms with Crippen molar-refractivity contribution in [2.24, 2.45) is 0 Å². The van der Waals surface area contributed by atoms with E-state index in [1.54, 1.807) is 0 Å². The van der Waals surface area contributed by atoms with E-state index in [1.807, 2.05) is 0 Å². The number of anilines is 1. The first-order chi connectivity index (χ1) is 9.61. The second-order valence-electron chi connectivity index (χ2n) is 5.26. The molecule has 1 rings (SSSR count). The largest absolute Gasteiger partial charge is 0.433 e. The average Bonchev–Trinajstić information content (AvgIpc) is 2.31. The monoisotopic (exact) mass is 324 g/mol. The molecule has 0 saturated carbocycles. The summed E-state index contributed by atoms with van der Waals surface area (Å²) in [4.78, 5) is 9.16. The average molecular weight is 325 g/mol. The van der Waals surface area contributed by atoms with Crippen LogP contribution in [0.2, 0.25) is 5.28 Å². The van der Waals surface area contributed by atoms with E-state index in [1.165, 1.54) is 0 Å². The van der Waals surface area contributed by atoms with Gasteiger partial charge in [0, 0.05) is 31.2 Å². The normalized spacial score (nSPS) is 12.5. The smallest absolute Gasteiger partial charge is 0.369 e. The van der Waals surface area contributed by atoms with Crippen LogP contribution >= 0.6 is 11.6 Å². The maximum atomic E-state index is 12.6. The Hall–Kier alpha value is -1.08. The Labute approximate surface area is 127 Å². The van der Waals surface area contributed by atoms with Gasteiger partial charge in [0.1, 0.15) is 5.82 Å². The molecule has 1 aromatic heterocycles. The summed E-state index contributed by atoms with van der Waals surface area (Å²) >= 11 is 5.53. The molecule has 0 radical (unpaired) electrons. The third kappa shape index (κ3) is 5.67. The fourth-order valence-electron chi connectivity index (χ4n) is 2.08. The third-order valence-electron chi connectivity index (χ3n) is 2.99. The summed E-state index contributed by atoms with van der Waals surface area (Å²) < 4.78 is 37.9. The maximum Gasteiger partial charge on any atom is 0.433 e. The topological polar surface area (TPSA) is 41.0 Å². The van der Waals surface area contributed by atoms with E-state index in [-0.39, 0.29) is 5.82 Å². The minimum atomic E-state index is -4.54. The highest BCUT2D eigenvalue weighted by molar-refractivity contribution is 6.28. The number of rotatable bonds is 6. The molecule has 21 heavy (non-hydrogen) atoms. The lowest BCUT2D eigenvalue weighted by Gasteiger charge is -2.30. The van der Waals surface area contributed by atoms with Crippen molar-refractivity contribution in [3.8, 4) is 0 Å². The van der Waals surface area contributed by atoms with Crippen molar-refractivity contribution in [2.45, 2.75) is 46.0 Å². The molecule has 0 fully saturated rings. The molecule has 1 heterocycles. The number of nitrogens with one attached hydrogen (secondary N) is 1. The summed E-state index contributed by atoms with van der Waals surface area (Å²) in [5, 5.41) is 2.44. The van der Waals surface area contributed by atoms with Crippen LogP contribution in [0.15, 0.2) is 6.07 Å². The van der Waals surface area contributed by atoms with E-state index >= 15 is 0 Å². The van der Waals surface area contributed by atoms with E-state index in [2.05, 4.69) is 47.9 Å². The molecule has 0 aliphatic rings. The van der Waals surface area contributed by atoms with E-state index in [0.717, 1.165) is 6.07 Å². The molecule has 120 valence electrons. The molecule has 0 aromatic carbocycles. The van der Waals surface area contributed by atoms with Crippen LogP contribution in [0.4, 0.5) is 19.0 Å². The first-order valence-corrected chi connectivity index (χ1v) is 7.10. The van der Waals surface area contributed by atoms with E-state index < -0.39 is 17.2 Å². The highest BCUT2D eigenvalue weighted by atomic mass is 35.5. The summed E-state index contributed by atoms with van der Waals surface area (Å²) in [5.41, 5.74) is -1.05. The molecule has 4 nitrogen and oxygen atoms in total. The van der Waals surface area contributed by atoms with Gasteiger partial charge in [-0.25, -0.2) is 9.97 Å². The van der Waals surface area contributed by atoms with Gasteiger partial charge in [-0.3, -0.25) is 4.90 Å². The van der Waals surface area contributed by atoms with Crippen LogP contribution in [-0.4, -0.2) is 40.0 Å². The number of nitrogens with zero attached hydrogens (tertiary/aromatic N) is 3. The van der Waals surface area contributed by atoms with Crippen molar-refractivity contribution in [2.75, 3.05) is 18.4 Å². The maximum absolute atomic E-state index is 12.6. The summed E-state index contributed by atoms with van der Waals surface area (Å²) in [6, 6.07) is 1.57. The molecule has 1 N–H and O–H groups in total. The Morgan fingerprint density at radius 1 is 1.19 bits per heavy atom. The predicted octanol–water partition coefficient (Wildman–Crippen LogP) is 3.68. The Kier molecular flexibility index (Phi) is 6.22. The molecule has 0 bridgehead atoms. The molecule has 0 aliphatic carbocycles. The lowest BCUT2D eigenvalue weighted by Crippen LogP contribution is -2.40. The van der Waals surface area contributed by atoms with E-state index in [0.29, 0.717) is 25.2 Å². The standard InChI is InChI=1S/C13H20ClF3N4/c1-8(2)21(9(3)4)6-5-18-11-7-10(13(15,16)17)19-12(14)20-11/h7-9H,5-6H2,1-4H3,(H,18,19,20). The molecular formula is C13H20ClF3N4. The molecule has 0 atom stereocenters. The highest BCUT2D eigenvalue weighted by Gasteiger charge is 2.33. The molecule has 0 spiro atoms. The fourth-order valence-corrected chi connectivity index (χ4v) is 2.26. The van der Waals surface area contributed by atoms with Crippen molar-refractivity contribution in [3.63, 3.8) is 0 Å². The van der Waals surface area contributed by atoms with Gasteiger partial charge in [-0.1, -0.05) is 0 Å². The first-order valence-electron chi connectivity index (χ1n) is 6.72. The zero-order valence-corrected chi connectivity index (χ0v) is 13.3. The van der Waals surface area contributed by atoms with Gasteiger partial charge in [0.05, 0.1) is 0 Å². The molecule has 1 aromatic rings. The minimum Gasteiger partial charge on any atom is -0.369 e. The lowest BCUT2D eigenvalue weighted by molar-refractivity contribution is -0.141. The van der Waals surface area contributed by atoms with Crippen molar-refractivity contribution in [1.29, 1.82) is 0 Å². The first kappa shape index (κ1) is 18.0. The van der Waals surface area contributed by atoms with Crippen molar-refractivity contribution in [3.05, 3.63) is 17.0 Å². The number of aromatic nitrogens is 2. The van der Waals surface area contributed by atoms with Crippen LogP contribution < -0.4 is 5.32 Å². The van der Waals surface area contributed by atoms with Crippen LogP contribution in [0.25, 0.3) is 0 Å². The summed E-state index contributed by atoms with van der Waals surface area (Å²) in [5.74, 6) is 0.0785. The van der Waals surface area contributed by atoms with Crippen LogP contribution in [0.1, 0.15) is 33.4 Å². The van der Waals surface area contributed by atoms with Gasteiger partial charge in [-0.2, -0.15) is 13.2 Å². The van der Waals surface area contributed by atoms with Crippen LogP contribution in [-0.2, 0) is 6.18 Å². The van der Waals surface area contributed by atoms with E-state index in [4.69, 9.17) is 11.6 Å². The summed E-state index contributed by atoms with van der Waals surface area (Å²) in [6.45, 7) is 9.46. The molecule has 0 amide bonds. The van der Waals surface area contributed by atoms with Gasteiger partial charge in [-0.05, 0) is 39.3 Å². The van der Waals surface area contributed by atoms with E-state index in [9.17, 15) is 13.2 Å². The summed E-state index contributed by atoms with van der Waals surface area (Å²) in [6.07, 6.45) is -4.54. The van der Waals surface area contributed by atoms with Gasteiger partial charge >= 0.3 is 6.18 Å². The lowest BCUT2D eigenvalue weighted by atomic mass is 10.2. The zero-order valence-electron chi connectivity index (χ0n) is 12.5. The summed E-state index contributed by atoms with van der Waals surface area (Å²) in [7, 11) is 0. The second kappa shape index (κ2) is 7.26. The van der Waals surface area contributed by atoms with Gasteiger partial charge in [-0.15, -0.1) is 0 Å². The number of hydrogen-bond acceptors (Lipinski definition) is 4. The zero-order chi connectivity index (χ0) is 16.2. The number of hydrogen-bond donors (Lipinski definition) is 1.